The van der Waals surface area contributed by atoms with Crippen LogP contribution in [-0.2, 0) is 16.1 Å². The highest BCUT2D eigenvalue weighted by Gasteiger charge is 2.23. The van der Waals surface area contributed by atoms with Crippen molar-refractivity contribution in [1.82, 2.24) is 9.78 Å². The highest BCUT2D eigenvalue weighted by atomic mass is 35.5. The van der Waals surface area contributed by atoms with Gasteiger partial charge in [-0.25, -0.2) is 0 Å². The second-order valence-corrected chi connectivity index (χ2v) is 6.95. The summed E-state index contributed by atoms with van der Waals surface area (Å²) in [4.78, 5) is 37.9. The zero-order valence-electron chi connectivity index (χ0n) is 14.9. The lowest BCUT2D eigenvalue weighted by Gasteiger charge is -2.18. The molecule has 1 saturated heterocycles. The van der Waals surface area contributed by atoms with E-state index in [1.165, 1.54) is 10.9 Å². The van der Waals surface area contributed by atoms with Crippen LogP contribution in [0.15, 0.2) is 53.5 Å². The number of anilines is 2. The molecule has 0 atom stereocenters. The molecule has 0 unspecified atom stereocenters. The number of halogens is 1. The highest BCUT2D eigenvalue weighted by Crippen LogP contribution is 2.31. The number of para-hydroxylation sites is 1. The van der Waals surface area contributed by atoms with E-state index in [1.807, 2.05) is 0 Å². The first-order valence-electron chi connectivity index (χ1n) is 8.87. The minimum Gasteiger partial charge on any atom is -0.324 e. The van der Waals surface area contributed by atoms with Crippen LogP contribution in [-0.4, -0.2) is 28.1 Å². The molecule has 0 aliphatic carbocycles. The minimum absolute atomic E-state index is 0.0508. The number of carbonyl (C=O) groups excluding carboxylic acids is 2. The predicted molar refractivity (Wildman–Crippen MR) is 108 cm³/mol. The van der Waals surface area contributed by atoms with Gasteiger partial charge < -0.3 is 10.2 Å². The van der Waals surface area contributed by atoms with Gasteiger partial charge in [-0.05, 0) is 36.8 Å². The van der Waals surface area contributed by atoms with Crippen molar-refractivity contribution in [2.45, 2.75) is 19.4 Å². The largest absolute Gasteiger partial charge is 0.324 e. The minimum atomic E-state index is -0.303. The topological polar surface area (TPSA) is 84.3 Å². The van der Waals surface area contributed by atoms with Crippen molar-refractivity contribution in [3.05, 3.63) is 63.9 Å². The Labute approximate surface area is 165 Å². The van der Waals surface area contributed by atoms with Gasteiger partial charge in [0.05, 0.1) is 22.4 Å². The second kappa shape index (κ2) is 7.44. The van der Waals surface area contributed by atoms with Crippen molar-refractivity contribution >= 4 is 45.7 Å². The quantitative estimate of drug-likeness (QED) is 0.735. The van der Waals surface area contributed by atoms with Gasteiger partial charge >= 0.3 is 0 Å². The van der Waals surface area contributed by atoms with Gasteiger partial charge in [0, 0.05) is 24.0 Å². The molecule has 4 rings (SSSR count). The van der Waals surface area contributed by atoms with E-state index >= 15 is 0 Å². The van der Waals surface area contributed by atoms with Crippen molar-refractivity contribution in [3.63, 3.8) is 0 Å². The summed E-state index contributed by atoms with van der Waals surface area (Å²) in [5, 5.41) is 7.74. The van der Waals surface area contributed by atoms with E-state index in [-0.39, 0.29) is 23.8 Å². The van der Waals surface area contributed by atoms with Gasteiger partial charge in [-0.15, -0.1) is 0 Å². The Kier molecular flexibility index (Phi) is 4.83. The number of aromatic nitrogens is 2. The molecular weight excluding hydrogens is 380 g/mol. The molecule has 1 N–H and O–H groups in total. The summed E-state index contributed by atoms with van der Waals surface area (Å²) in [6.45, 7) is 0.597. The summed E-state index contributed by atoms with van der Waals surface area (Å²) in [6.07, 6.45) is 2.54. The van der Waals surface area contributed by atoms with Gasteiger partial charge in [0.15, 0.2) is 0 Å². The first kappa shape index (κ1) is 18.2. The molecule has 2 amide bonds. The predicted octanol–water partition coefficient (Wildman–Crippen LogP) is 2.82. The summed E-state index contributed by atoms with van der Waals surface area (Å²) >= 11 is 6.32. The Morgan fingerprint density at radius 3 is 2.75 bits per heavy atom. The van der Waals surface area contributed by atoms with E-state index < -0.39 is 0 Å². The molecule has 0 saturated carbocycles. The van der Waals surface area contributed by atoms with Crippen LogP contribution in [0.25, 0.3) is 10.9 Å². The van der Waals surface area contributed by atoms with Crippen LogP contribution in [0, 0.1) is 0 Å². The fraction of sp³-hybridized carbons (Fsp3) is 0.200. The molecule has 0 radical (unpaired) electrons. The third kappa shape index (κ3) is 3.48. The second-order valence-electron chi connectivity index (χ2n) is 6.55. The van der Waals surface area contributed by atoms with Gasteiger partial charge in [-0.2, -0.15) is 5.10 Å². The average Bonchev–Trinajstić information content (AvgIpc) is 3.10. The van der Waals surface area contributed by atoms with Crippen molar-refractivity contribution < 1.29 is 9.59 Å². The van der Waals surface area contributed by atoms with Gasteiger partial charge in [0.25, 0.3) is 0 Å². The van der Waals surface area contributed by atoms with Gasteiger partial charge in [-0.3, -0.25) is 19.1 Å². The maximum absolute atomic E-state index is 12.5. The van der Waals surface area contributed by atoms with Gasteiger partial charge in [0.1, 0.15) is 6.54 Å². The van der Waals surface area contributed by atoms with E-state index in [9.17, 15) is 14.4 Å². The van der Waals surface area contributed by atoms with Gasteiger partial charge in [-0.1, -0.05) is 23.7 Å². The number of carbonyl (C=O) groups is 2. The van der Waals surface area contributed by atoms with Crippen molar-refractivity contribution in [1.29, 1.82) is 0 Å². The van der Waals surface area contributed by atoms with E-state index in [1.54, 1.807) is 47.4 Å². The fourth-order valence-electron chi connectivity index (χ4n) is 3.33. The number of hydrogen-bond acceptors (Lipinski definition) is 4. The third-order valence-corrected chi connectivity index (χ3v) is 4.95. The Morgan fingerprint density at radius 2 is 2.00 bits per heavy atom. The summed E-state index contributed by atoms with van der Waals surface area (Å²) < 4.78 is 1.48. The third-order valence-electron chi connectivity index (χ3n) is 4.65. The highest BCUT2D eigenvalue weighted by molar-refractivity contribution is 6.34. The average molecular weight is 397 g/mol. The standard InChI is InChI=1S/C20H17ClN4O3/c21-15-10-13(7-8-17(15)24-9-3-6-20(24)28)23-19(27)12-25-16-5-2-1-4-14(16)18(26)11-22-25/h1-2,4-5,7-8,10-11H,3,6,9,12H2,(H,23,27). The number of benzene rings is 2. The molecule has 1 fully saturated rings. The van der Waals surface area contributed by atoms with E-state index in [2.05, 4.69) is 10.4 Å². The molecule has 2 aromatic carbocycles. The zero-order valence-corrected chi connectivity index (χ0v) is 15.6. The lowest BCUT2D eigenvalue weighted by atomic mass is 10.2. The first-order chi connectivity index (χ1) is 13.5. The molecule has 7 nitrogen and oxygen atoms in total. The SMILES string of the molecule is O=C(Cn1ncc(=O)c2ccccc21)Nc1ccc(N2CCCC2=O)c(Cl)c1. The lowest BCUT2D eigenvalue weighted by molar-refractivity contribution is -0.117. The molecule has 0 bridgehead atoms. The molecule has 1 aromatic heterocycles. The number of nitrogens with zero attached hydrogens (tertiary/aromatic N) is 3. The normalized spacial score (nSPS) is 13.9. The zero-order chi connectivity index (χ0) is 19.7. The molecule has 8 heteroatoms. The van der Waals surface area contributed by atoms with Crippen LogP contribution in [0.3, 0.4) is 0 Å². The van der Waals surface area contributed by atoms with E-state index in [4.69, 9.17) is 11.6 Å². The smallest absolute Gasteiger partial charge is 0.246 e. The van der Waals surface area contributed by atoms with Crippen LogP contribution < -0.4 is 15.6 Å². The summed E-state index contributed by atoms with van der Waals surface area (Å²) in [5.41, 5.74) is 1.57. The number of rotatable bonds is 4. The number of amides is 2. The molecular formula is C20H17ClN4O3. The van der Waals surface area contributed by atoms with E-state index in [0.29, 0.717) is 40.3 Å². The number of hydrogen-bond donors (Lipinski definition) is 1. The Hall–Kier alpha value is -3.19. The number of fused-ring (bicyclic) bond motifs is 1. The summed E-state index contributed by atoms with van der Waals surface area (Å²) in [5.74, 6) is -0.253. The Bertz CT molecular complexity index is 1140. The molecule has 1 aliphatic heterocycles. The lowest BCUT2D eigenvalue weighted by Crippen LogP contribution is -2.24. The first-order valence-corrected chi connectivity index (χ1v) is 9.25. The molecule has 3 aromatic rings. The van der Waals surface area contributed by atoms with Crippen molar-refractivity contribution in [2.24, 2.45) is 0 Å². The molecule has 0 spiro atoms. The maximum atomic E-state index is 12.5. The van der Waals surface area contributed by atoms with Crippen LogP contribution in [0.2, 0.25) is 5.02 Å². The summed E-state index contributed by atoms with van der Waals surface area (Å²) in [6, 6.07) is 12.1. The maximum Gasteiger partial charge on any atom is 0.246 e. The van der Waals surface area contributed by atoms with Crippen LogP contribution in [0.4, 0.5) is 11.4 Å². The molecule has 28 heavy (non-hydrogen) atoms. The monoisotopic (exact) mass is 396 g/mol. The van der Waals surface area contributed by atoms with Gasteiger partial charge in [0.2, 0.25) is 17.2 Å². The summed E-state index contributed by atoms with van der Waals surface area (Å²) in [7, 11) is 0. The van der Waals surface area contributed by atoms with Crippen molar-refractivity contribution in [3.8, 4) is 0 Å². The molecule has 1 aliphatic rings. The fourth-order valence-corrected chi connectivity index (χ4v) is 3.61. The van der Waals surface area contributed by atoms with Crippen LogP contribution in [0.1, 0.15) is 12.8 Å². The Balaban J connectivity index is 1.52. The van der Waals surface area contributed by atoms with Crippen LogP contribution in [0.5, 0.6) is 0 Å². The molecule has 142 valence electrons. The number of nitrogens with one attached hydrogen (secondary N) is 1. The Morgan fingerprint density at radius 1 is 1.18 bits per heavy atom. The van der Waals surface area contributed by atoms with Crippen LogP contribution >= 0.6 is 11.6 Å². The van der Waals surface area contributed by atoms with Crippen molar-refractivity contribution in [2.75, 3.05) is 16.8 Å². The van der Waals surface area contributed by atoms with E-state index in [0.717, 1.165) is 6.42 Å². The molecule has 2 heterocycles.